The van der Waals surface area contributed by atoms with Gasteiger partial charge in [-0.25, -0.2) is 4.79 Å². The van der Waals surface area contributed by atoms with Gasteiger partial charge in [-0.1, -0.05) is 26.7 Å². The summed E-state index contributed by atoms with van der Waals surface area (Å²) in [6, 6.07) is -0.0463. The molecule has 0 aromatic carbocycles. The number of nitrogens with zero attached hydrogens (tertiary/aromatic N) is 1. The molecular weight excluding hydrogens is 180 g/mol. The molecule has 1 atom stereocenters. The van der Waals surface area contributed by atoms with E-state index in [9.17, 15) is 9.90 Å². The molecule has 82 valence electrons. The van der Waals surface area contributed by atoms with E-state index in [1.165, 1.54) is 0 Å². The van der Waals surface area contributed by atoms with Gasteiger partial charge in [-0.05, 0) is 5.92 Å². The summed E-state index contributed by atoms with van der Waals surface area (Å²) in [5.41, 5.74) is 0. The van der Waals surface area contributed by atoms with Gasteiger partial charge in [0.1, 0.15) is 0 Å². The minimum Gasteiger partial charge on any atom is -0.391 e. The summed E-state index contributed by atoms with van der Waals surface area (Å²) < 4.78 is 0. The molecule has 2 N–H and O–H groups in total. The first-order valence-electron chi connectivity index (χ1n) is 5.39. The third kappa shape index (κ3) is 2.61. The molecule has 1 saturated heterocycles. The number of carbonyl (C=O) groups excluding carboxylic acids is 1. The first-order chi connectivity index (χ1) is 6.69. The van der Waals surface area contributed by atoms with E-state index in [0.717, 1.165) is 19.4 Å². The molecule has 0 aliphatic carbocycles. The van der Waals surface area contributed by atoms with Crippen molar-refractivity contribution in [2.75, 3.05) is 19.6 Å². The van der Waals surface area contributed by atoms with Gasteiger partial charge in [-0.15, -0.1) is 0 Å². The van der Waals surface area contributed by atoms with Crippen LogP contribution in [0.15, 0.2) is 0 Å². The highest BCUT2D eigenvalue weighted by Crippen LogP contribution is 2.14. The van der Waals surface area contributed by atoms with Crippen LogP contribution >= 0.6 is 0 Å². The highest BCUT2D eigenvalue weighted by Gasteiger charge is 2.25. The van der Waals surface area contributed by atoms with Gasteiger partial charge in [0, 0.05) is 19.6 Å². The van der Waals surface area contributed by atoms with E-state index in [0.29, 0.717) is 19.0 Å². The van der Waals surface area contributed by atoms with E-state index in [-0.39, 0.29) is 12.1 Å². The fourth-order valence-corrected chi connectivity index (χ4v) is 1.89. The van der Waals surface area contributed by atoms with Crippen LogP contribution in [0.1, 0.15) is 26.7 Å². The lowest BCUT2D eigenvalue weighted by molar-refractivity contribution is 0.0754. The molecule has 0 saturated carbocycles. The third-order valence-corrected chi connectivity index (χ3v) is 2.95. The molecule has 1 aliphatic rings. The van der Waals surface area contributed by atoms with Gasteiger partial charge in [0.25, 0.3) is 0 Å². The number of nitrogens with one attached hydrogen (secondary N) is 1. The highest BCUT2D eigenvalue weighted by molar-refractivity contribution is 5.76. The molecule has 0 bridgehead atoms. The molecule has 0 aromatic rings. The highest BCUT2D eigenvalue weighted by atomic mass is 16.3. The molecule has 1 aliphatic heterocycles. The molecule has 4 nitrogen and oxygen atoms in total. The van der Waals surface area contributed by atoms with Crippen molar-refractivity contribution < 1.29 is 9.90 Å². The first-order valence-corrected chi connectivity index (χ1v) is 5.39. The van der Waals surface area contributed by atoms with E-state index in [1.807, 2.05) is 0 Å². The van der Waals surface area contributed by atoms with Gasteiger partial charge >= 0.3 is 6.03 Å². The van der Waals surface area contributed by atoms with Gasteiger partial charge in [0.05, 0.1) is 6.10 Å². The third-order valence-electron chi connectivity index (χ3n) is 2.95. The molecule has 0 radical (unpaired) electrons. The Hall–Kier alpha value is -0.770. The summed E-state index contributed by atoms with van der Waals surface area (Å²) >= 11 is 0. The number of carbonyl (C=O) groups is 1. The summed E-state index contributed by atoms with van der Waals surface area (Å²) in [6.07, 6.45) is 1.55. The molecule has 0 aromatic heterocycles. The quantitative estimate of drug-likeness (QED) is 0.690. The Bertz CT molecular complexity index is 193. The van der Waals surface area contributed by atoms with E-state index in [1.54, 1.807) is 4.90 Å². The average Bonchev–Trinajstić information content (AvgIpc) is 2.54. The van der Waals surface area contributed by atoms with Crippen LogP contribution < -0.4 is 5.32 Å². The number of rotatable bonds is 5. The van der Waals surface area contributed by atoms with Gasteiger partial charge in [-0.3, -0.25) is 0 Å². The van der Waals surface area contributed by atoms with Crippen LogP contribution in [0.5, 0.6) is 0 Å². The second kappa shape index (κ2) is 5.20. The van der Waals surface area contributed by atoms with Crippen LogP contribution in [0.2, 0.25) is 0 Å². The number of aliphatic hydroxyl groups excluding tert-OH is 1. The second-order valence-corrected chi connectivity index (χ2v) is 3.82. The number of hydrogen-bond acceptors (Lipinski definition) is 2. The average molecular weight is 200 g/mol. The normalized spacial score (nSPS) is 18.9. The molecule has 0 spiro atoms. The van der Waals surface area contributed by atoms with Crippen LogP contribution in [0.4, 0.5) is 4.79 Å². The van der Waals surface area contributed by atoms with Crippen molar-refractivity contribution in [3.63, 3.8) is 0 Å². The fourth-order valence-electron chi connectivity index (χ4n) is 1.89. The van der Waals surface area contributed by atoms with Crippen molar-refractivity contribution in [1.29, 1.82) is 0 Å². The van der Waals surface area contributed by atoms with Crippen molar-refractivity contribution in [3.8, 4) is 0 Å². The lowest BCUT2D eigenvalue weighted by atomic mass is 9.96. The Morgan fingerprint density at radius 2 is 2.14 bits per heavy atom. The number of hydrogen-bond donors (Lipinski definition) is 2. The minimum atomic E-state index is -0.381. The summed E-state index contributed by atoms with van der Waals surface area (Å²) in [5.74, 6) is 0.309. The van der Waals surface area contributed by atoms with Crippen molar-refractivity contribution in [1.82, 2.24) is 10.2 Å². The van der Waals surface area contributed by atoms with E-state index >= 15 is 0 Å². The van der Waals surface area contributed by atoms with Crippen LogP contribution in [0.25, 0.3) is 0 Å². The van der Waals surface area contributed by atoms with Crippen LogP contribution in [0, 0.1) is 5.92 Å². The summed E-state index contributed by atoms with van der Waals surface area (Å²) in [6.45, 7) is 6.03. The maximum absolute atomic E-state index is 11.2. The monoisotopic (exact) mass is 200 g/mol. The van der Waals surface area contributed by atoms with Gasteiger partial charge in [0.15, 0.2) is 0 Å². The summed E-state index contributed by atoms with van der Waals surface area (Å²) in [5, 5.41) is 12.6. The lowest BCUT2D eigenvalue weighted by Gasteiger charge is -2.24. The zero-order chi connectivity index (χ0) is 10.6. The minimum absolute atomic E-state index is 0.0463. The Labute approximate surface area is 85.3 Å². The number of aliphatic hydroxyl groups is 1. The van der Waals surface area contributed by atoms with Crippen LogP contribution in [-0.4, -0.2) is 41.8 Å². The molecule has 2 amide bonds. The Morgan fingerprint density at radius 1 is 1.50 bits per heavy atom. The number of β-amino-alcohol motifs (C(OH)–C–C–N with tert-alkyl or cyclic N) is 1. The van der Waals surface area contributed by atoms with Crippen LogP contribution in [0.3, 0.4) is 0 Å². The molecule has 1 unspecified atom stereocenters. The Kier molecular flexibility index (Phi) is 4.20. The molecule has 4 heteroatoms. The van der Waals surface area contributed by atoms with Gasteiger partial charge in [-0.2, -0.15) is 0 Å². The maximum atomic E-state index is 11.2. The van der Waals surface area contributed by atoms with Gasteiger partial charge in [0.2, 0.25) is 0 Å². The fraction of sp³-hybridized carbons (Fsp3) is 0.900. The largest absolute Gasteiger partial charge is 0.391 e. The Morgan fingerprint density at radius 3 is 2.57 bits per heavy atom. The predicted octanol–water partition coefficient (Wildman–Crippen LogP) is 0.809. The number of amides is 2. The van der Waals surface area contributed by atoms with Gasteiger partial charge < -0.3 is 15.3 Å². The predicted molar refractivity (Wildman–Crippen MR) is 55.1 cm³/mol. The first kappa shape index (κ1) is 11.3. The van der Waals surface area contributed by atoms with Crippen LogP contribution in [-0.2, 0) is 0 Å². The van der Waals surface area contributed by atoms with Crippen molar-refractivity contribution >= 4 is 6.03 Å². The van der Waals surface area contributed by atoms with E-state index in [2.05, 4.69) is 19.2 Å². The van der Waals surface area contributed by atoms with E-state index < -0.39 is 0 Å². The van der Waals surface area contributed by atoms with Crippen molar-refractivity contribution in [2.45, 2.75) is 32.8 Å². The molecular formula is C10H20N2O2. The SMILES string of the molecule is CCC(CC)C(O)CN1CCNC1=O. The zero-order valence-corrected chi connectivity index (χ0v) is 8.99. The second-order valence-electron chi connectivity index (χ2n) is 3.82. The van der Waals surface area contributed by atoms with Crippen molar-refractivity contribution in [3.05, 3.63) is 0 Å². The molecule has 1 fully saturated rings. The molecule has 1 rings (SSSR count). The number of urea groups is 1. The molecule has 14 heavy (non-hydrogen) atoms. The van der Waals surface area contributed by atoms with Crippen molar-refractivity contribution in [2.24, 2.45) is 5.92 Å². The molecule has 1 heterocycles. The standard InChI is InChI=1S/C10H20N2O2/c1-3-8(4-2)9(13)7-12-6-5-11-10(12)14/h8-9,13H,3-7H2,1-2H3,(H,11,14). The Balaban J connectivity index is 2.38. The lowest BCUT2D eigenvalue weighted by Crippen LogP contribution is -2.38. The van der Waals surface area contributed by atoms with E-state index in [4.69, 9.17) is 0 Å². The summed E-state index contributed by atoms with van der Waals surface area (Å²) in [7, 11) is 0. The zero-order valence-electron chi connectivity index (χ0n) is 8.99. The maximum Gasteiger partial charge on any atom is 0.317 e. The smallest absolute Gasteiger partial charge is 0.317 e. The summed E-state index contributed by atoms with van der Waals surface area (Å²) in [4.78, 5) is 12.9. The topological polar surface area (TPSA) is 52.6 Å².